The number of hydrogen-bond donors (Lipinski definition) is 1. The molecule has 9 nitrogen and oxygen atoms in total. The summed E-state index contributed by atoms with van der Waals surface area (Å²) < 4.78 is 7.55. The van der Waals surface area contributed by atoms with Gasteiger partial charge in [0, 0.05) is 44.9 Å². The summed E-state index contributed by atoms with van der Waals surface area (Å²) in [6, 6.07) is 10.3. The van der Waals surface area contributed by atoms with Crippen LogP contribution in [0.25, 0.3) is 11.8 Å². The van der Waals surface area contributed by atoms with Gasteiger partial charge in [0.1, 0.15) is 6.04 Å². The molecule has 1 N–H and O–H groups in total. The van der Waals surface area contributed by atoms with E-state index in [9.17, 15) is 19.2 Å². The second-order valence-corrected chi connectivity index (χ2v) is 10.7. The SMILES string of the molecule is COC(=O)[C@H](Cc1ccc(-n2c(=O)c3c(n(C)c2=O)CC(C)C(N(C)C)=C3)cc1)NC(=O)c1c(Cl)cccc1Cl. The number of esters is 1. The summed E-state index contributed by atoms with van der Waals surface area (Å²) in [6.45, 7) is 2.07. The third-order valence-electron chi connectivity index (χ3n) is 7.06. The zero-order chi connectivity index (χ0) is 29.3. The van der Waals surface area contributed by atoms with Crippen molar-refractivity contribution < 1.29 is 14.3 Å². The van der Waals surface area contributed by atoms with Gasteiger partial charge >= 0.3 is 11.7 Å². The van der Waals surface area contributed by atoms with E-state index in [1.165, 1.54) is 23.8 Å². The fraction of sp³-hybridized carbons (Fsp3) is 0.310. The third-order valence-corrected chi connectivity index (χ3v) is 7.69. The van der Waals surface area contributed by atoms with Crippen LogP contribution in [0, 0.1) is 5.92 Å². The van der Waals surface area contributed by atoms with Gasteiger partial charge in [0.25, 0.3) is 11.5 Å². The maximum atomic E-state index is 13.5. The van der Waals surface area contributed by atoms with Crippen LogP contribution in [0.4, 0.5) is 0 Å². The van der Waals surface area contributed by atoms with E-state index in [2.05, 4.69) is 12.2 Å². The molecule has 2 aromatic carbocycles. The summed E-state index contributed by atoms with van der Waals surface area (Å²) in [5, 5.41) is 2.94. The van der Waals surface area contributed by atoms with Crippen molar-refractivity contribution in [1.82, 2.24) is 19.4 Å². The van der Waals surface area contributed by atoms with Gasteiger partial charge in [-0.1, -0.05) is 48.3 Å². The number of ether oxygens (including phenoxy) is 1. The zero-order valence-corrected chi connectivity index (χ0v) is 24.3. The van der Waals surface area contributed by atoms with Crippen molar-refractivity contribution in [2.45, 2.75) is 25.8 Å². The van der Waals surface area contributed by atoms with Gasteiger partial charge < -0.3 is 15.0 Å². The number of benzene rings is 2. The van der Waals surface area contributed by atoms with Crippen molar-refractivity contribution in [1.29, 1.82) is 0 Å². The largest absolute Gasteiger partial charge is 0.467 e. The summed E-state index contributed by atoms with van der Waals surface area (Å²) in [6.07, 6.45) is 2.52. The maximum Gasteiger partial charge on any atom is 0.335 e. The van der Waals surface area contributed by atoms with E-state index in [0.29, 0.717) is 28.9 Å². The number of carbonyl (C=O) groups is 2. The number of nitrogens with one attached hydrogen (secondary N) is 1. The molecule has 11 heteroatoms. The predicted molar refractivity (Wildman–Crippen MR) is 155 cm³/mol. The molecular weight excluding hydrogens is 555 g/mol. The van der Waals surface area contributed by atoms with E-state index >= 15 is 0 Å². The minimum absolute atomic E-state index is 0.0542. The number of methoxy groups -OCH3 is 1. The van der Waals surface area contributed by atoms with Crippen LogP contribution in [0.3, 0.4) is 0 Å². The van der Waals surface area contributed by atoms with Crippen LogP contribution in [-0.2, 0) is 29.4 Å². The summed E-state index contributed by atoms with van der Waals surface area (Å²) in [4.78, 5) is 54.1. The lowest BCUT2D eigenvalue weighted by Gasteiger charge is -2.29. The first-order chi connectivity index (χ1) is 18.9. The molecule has 3 aromatic rings. The Hall–Kier alpha value is -3.82. The molecule has 1 aliphatic rings. The molecule has 0 spiro atoms. The Morgan fingerprint density at radius 3 is 2.30 bits per heavy atom. The van der Waals surface area contributed by atoms with Crippen LogP contribution in [0.2, 0.25) is 10.0 Å². The molecule has 0 fully saturated rings. The molecule has 0 saturated heterocycles. The van der Waals surface area contributed by atoms with Crippen LogP contribution < -0.4 is 16.6 Å². The number of rotatable bonds is 7. The molecule has 0 saturated carbocycles. The maximum absolute atomic E-state index is 13.5. The number of nitrogens with zero attached hydrogens (tertiary/aromatic N) is 3. The van der Waals surface area contributed by atoms with Crippen LogP contribution in [-0.4, -0.2) is 53.2 Å². The second kappa shape index (κ2) is 11.7. The lowest BCUT2D eigenvalue weighted by atomic mass is 9.91. The molecule has 1 unspecified atom stereocenters. The fourth-order valence-corrected chi connectivity index (χ4v) is 5.52. The summed E-state index contributed by atoms with van der Waals surface area (Å²) in [5.74, 6) is -1.11. The normalized spacial score (nSPS) is 15.1. The van der Waals surface area contributed by atoms with Gasteiger partial charge in [-0.2, -0.15) is 0 Å². The van der Waals surface area contributed by atoms with E-state index in [-0.39, 0.29) is 27.9 Å². The van der Waals surface area contributed by atoms with Gasteiger partial charge in [-0.3, -0.25) is 14.2 Å². The van der Waals surface area contributed by atoms with Crippen molar-refractivity contribution in [3.8, 4) is 5.69 Å². The highest BCUT2D eigenvalue weighted by atomic mass is 35.5. The Morgan fingerprint density at radius 1 is 1.10 bits per heavy atom. The monoisotopic (exact) mass is 584 g/mol. The molecule has 0 radical (unpaired) electrons. The fourth-order valence-electron chi connectivity index (χ4n) is 4.95. The van der Waals surface area contributed by atoms with Gasteiger partial charge in [-0.15, -0.1) is 0 Å². The number of allylic oxidation sites excluding steroid dienone is 1. The van der Waals surface area contributed by atoms with E-state index in [1.807, 2.05) is 25.1 Å². The van der Waals surface area contributed by atoms with Gasteiger partial charge in [-0.25, -0.2) is 14.2 Å². The standard InChI is InChI=1S/C29H30Cl2N4O5/c1-16-13-24-19(15-23(16)33(2)3)27(37)35(29(39)34(24)4)18-11-9-17(10-12-18)14-22(28(38)40-5)32-26(36)25-20(30)7-6-8-21(25)31/h6-12,15-16,22H,13-14H2,1-5H3,(H,32,36)/t16?,22-/m0/s1. The molecule has 0 bridgehead atoms. The average Bonchev–Trinajstić information content (AvgIpc) is 2.91. The van der Waals surface area contributed by atoms with E-state index in [0.717, 1.165) is 10.3 Å². The molecule has 4 rings (SSSR count). The van der Waals surface area contributed by atoms with E-state index in [1.54, 1.807) is 37.4 Å². The molecule has 1 amide bonds. The predicted octanol–water partition coefficient (Wildman–Crippen LogP) is 3.45. The highest BCUT2D eigenvalue weighted by Crippen LogP contribution is 2.27. The van der Waals surface area contributed by atoms with E-state index in [4.69, 9.17) is 27.9 Å². The van der Waals surface area contributed by atoms with Crippen LogP contribution in [0.15, 0.2) is 57.8 Å². The number of carbonyl (C=O) groups excluding carboxylic acids is 2. The van der Waals surface area contributed by atoms with Gasteiger partial charge in [-0.05, 0) is 42.3 Å². The average molecular weight is 585 g/mol. The minimum atomic E-state index is -1.04. The topological polar surface area (TPSA) is 103 Å². The lowest BCUT2D eigenvalue weighted by molar-refractivity contribution is -0.142. The quantitative estimate of drug-likeness (QED) is 0.427. The molecule has 40 heavy (non-hydrogen) atoms. The third kappa shape index (κ3) is 5.57. The summed E-state index contributed by atoms with van der Waals surface area (Å²) in [5.41, 5.74) is 2.47. The Morgan fingerprint density at radius 2 is 1.73 bits per heavy atom. The molecule has 0 aliphatic heterocycles. The highest BCUT2D eigenvalue weighted by Gasteiger charge is 2.27. The van der Waals surface area contributed by atoms with Gasteiger partial charge in [0.05, 0.1) is 34.0 Å². The summed E-state index contributed by atoms with van der Waals surface area (Å²) >= 11 is 12.3. The highest BCUT2D eigenvalue weighted by molar-refractivity contribution is 6.39. The number of halogens is 2. The van der Waals surface area contributed by atoms with Gasteiger partial charge in [0.2, 0.25) is 0 Å². The number of amides is 1. The van der Waals surface area contributed by atoms with Crippen molar-refractivity contribution >= 4 is 41.2 Å². The first-order valence-corrected chi connectivity index (χ1v) is 13.4. The molecular formula is C29H30Cl2N4O5. The zero-order valence-electron chi connectivity index (χ0n) is 22.8. The second-order valence-electron chi connectivity index (χ2n) is 9.93. The van der Waals surface area contributed by atoms with Crippen molar-refractivity contribution in [3.63, 3.8) is 0 Å². The number of fused-ring (bicyclic) bond motifs is 1. The van der Waals surface area contributed by atoms with Crippen LogP contribution in [0.1, 0.15) is 34.1 Å². The van der Waals surface area contributed by atoms with Gasteiger partial charge in [0.15, 0.2) is 0 Å². The molecule has 1 heterocycles. The molecule has 1 aliphatic carbocycles. The van der Waals surface area contributed by atoms with Crippen molar-refractivity contribution in [2.24, 2.45) is 13.0 Å². The lowest BCUT2D eigenvalue weighted by Crippen LogP contribution is -2.43. The Labute approximate surface area is 241 Å². The Balaban J connectivity index is 1.65. The van der Waals surface area contributed by atoms with Crippen molar-refractivity contribution in [2.75, 3.05) is 21.2 Å². The molecule has 1 aromatic heterocycles. The number of hydrogen-bond acceptors (Lipinski definition) is 6. The Bertz CT molecular complexity index is 1600. The molecule has 2 atom stereocenters. The van der Waals surface area contributed by atoms with E-state index < -0.39 is 29.2 Å². The van der Waals surface area contributed by atoms with Crippen molar-refractivity contribution in [3.05, 3.63) is 101 Å². The first-order valence-electron chi connectivity index (χ1n) is 12.6. The Kier molecular flexibility index (Phi) is 8.56. The molecule has 210 valence electrons. The smallest absolute Gasteiger partial charge is 0.335 e. The first kappa shape index (κ1) is 29.2. The van der Waals surface area contributed by atoms with Crippen LogP contribution in [0.5, 0.6) is 0 Å². The number of aromatic nitrogens is 2. The minimum Gasteiger partial charge on any atom is -0.467 e. The van der Waals surface area contributed by atoms with Crippen LogP contribution >= 0.6 is 23.2 Å². The summed E-state index contributed by atoms with van der Waals surface area (Å²) in [7, 11) is 6.75.